The Morgan fingerprint density at radius 2 is 1.80 bits per heavy atom. The van der Waals surface area contributed by atoms with Crippen LogP contribution in [-0.2, 0) is 32.0 Å². The Balaban J connectivity index is 1.70. The highest BCUT2D eigenvalue weighted by Gasteiger charge is 2.44. The number of methoxy groups -OCH3 is 1. The minimum absolute atomic E-state index is 0.0364. The van der Waals surface area contributed by atoms with E-state index in [0.717, 1.165) is 5.56 Å². The van der Waals surface area contributed by atoms with Gasteiger partial charge in [-0.05, 0) is 22.8 Å². The molecule has 2 aromatic carbocycles. The van der Waals surface area contributed by atoms with E-state index in [0.29, 0.717) is 19.4 Å². The highest BCUT2D eigenvalue weighted by molar-refractivity contribution is 5.86. The summed E-state index contributed by atoms with van der Waals surface area (Å²) in [5, 5.41) is 0. The number of esters is 1. The molecule has 0 radical (unpaired) electrons. The van der Waals surface area contributed by atoms with Crippen LogP contribution in [0.15, 0.2) is 66.4 Å². The molecule has 1 spiro atoms. The largest absolute Gasteiger partial charge is 0.463 e. The lowest BCUT2D eigenvalue weighted by Crippen LogP contribution is -2.45. The van der Waals surface area contributed by atoms with Gasteiger partial charge >= 0.3 is 5.97 Å². The number of rotatable bonds is 2. The topological polar surface area (TPSA) is 44.8 Å². The van der Waals surface area contributed by atoms with Gasteiger partial charge in [-0.3, -0.25) is 0 Å². The molecule has 0 bridgehead atoms. The molecule has 0 saturated heterocycles. The van der Waals surface area contributed by atoms with Crippen molar-refractivity contribution in [1.82, 2.24) is 0 Å². The van der Waals surface area contributed by atoms with Gasteiger partial charge in [0.15, 0.2) is 0 Å². The van der Waals surface area contributed by atoms with Crippen LogP contribution in [0.1, 0.15) is 29.0 Å². The summed E-state index contributed by atoms with van der Waals surface area (Å²) in [5.41, 5.74) is 3.50. The lowest BCUT2D eigenvalue weighted by atomic mass is 9.84. The Morgan fingerprint density at radius 1 is 1.08 bits per heavy atom. The molecule has 0 aliphatic carbocycles. The van der Waals surface area contributed by atoms with Gasteiger partial charge in [0, 0.05) is 18.8 Å². The molecule has 0 N–H and O–H groups in total. The van der Waals surface area contributed by atoms with Gasteiger partial charge in [0.05, 0.1) is 13.7 Å². The summed E-state index contributed by atoms with van der Waals surface area (Å²) in [7, 11) is 1.36. The van der Waals surface area contributed by atoms with E-state index in [9.17, 15) is 4.79 Å². The fourth-order valence-electron chi connectivity index (χ4n) is 3.60. The predicted octanol–water partition coefficient (Wildman–Crippen LogP) is 3.72. The van der Waals surface area contributed by atoms with E-state index in [2.05, 4.69) is 24.3 Å². The van der Waals surface area contributed by atoms with E-state index in [1.165, 1.54) is 18.2 Å². The van der Waals surface area contributed by atoms with E-state index in [1.54, 1.807) is 0 Å². The van der Waals surface area contributed by atoms with Crippen molar-refractivity contribution in [3.05, 3.63) is 83.1 Å². The maximum absolute atomic E-state index is 12.1. The first kappa shape index (κ1) is 15.9. The number of hydrogen-bond donors (Lipinski definition) is 0. The van der Waals surface area contributed by atoms with Gasteiger partial charge in [-0.25, -0.2) is 4.79 Å². The Kier molecular flexibility index (Phi) is 4.06. The molecular weight excluding hydrogens is 316 g/mol. The Labute approximate surface area is 147 Å². The standard InChI is InChI=1S/C21H20O4/c1-23-20(22)19-11-18(15-7-3-2-4-8-15)13-21(25-19)12-16-9-5-6-10-17(16)14-24-21/h2-11,18H,12-14H2,1H3/t18-,21+/m0/s1. The maximum Gasteiger partial charge on any atom is 0.373 e. The summed E-state index contributed by atoms with van der Waals surface area (Å²) in [5.74, 6) is -1.05. The Bertz CT molecular complexity index is 812. The van der Waals surface area contributed by atoms with Gasteiger partial charge in [0.2, 0.25) is 11.5 Å². The average Bonchev–Trinajstić information content (AvgIpc) is 2.67. The van der Waals surface area contributed by atoms with Gasteiger partial charge in [-0.15, -0.1) is 0 Å². The number of benzene rings is 2. The molecule has 2 aliphatic heterocycles. The SMILES string of the molecule is COC(=O)C1=C[C@H](c2ccccc2)C[C@@]2(Cc3ccccc3CO2)O1. The summed E-state index contributed by atoms with van der Waals surface area (Å²) in [6.45, 7) is 0.478. The first-order chi connectivity index (χ1) is 12.2. The number of carbonyl (C=O) groups excluding carboxylic acids is 1. The lowest BCUT2D eigenvalue weighted by Gasteiger charge is -2.42. The number of hydrogen-bond acceptors (Lipinski definition) is 4. The van der Waals surface area contributed by atoms with Crippen LogP contribution in [0, 0.1) is 0 Å². The zero-order valence-corrected chi connectivity index (χ0v) is 14.1. The van der Waals surface area contributed by atoms with Crippen LogP contribution in [0.5, 0.6) is 0 Å². The summed E-state index contributed by atoms with van der Waals surface area (Å²) in [6, 6.07) is 18.3. The van der Waals surface area contributed by atoms with E-state index >= 15 is 0 Å². The molecule has 2 aromatic rings. The van der Waals surface area contributed by atoms with Crippen molar-refractivity contribution < 1.29 is 19.0 Å². The molecule has 2 aliphatic rings. The van der Waals surface area contributed by atoms with Crippen molar-refractivity contribution >= 4 is 5.97 Å². The van der Waals surface area contributed by atoms with Crippen LogP contribution in [0.2, 0.25) is 0 Å². The van der Waals surface area contributed by atoms with Crippen LogP contribution in [0.4, 0.5) is 0 Å². The quantitative estimate of drug-likeness (QED) is 0.784. The second-order valence-corrected chi connectivity index (χ2v) is 6.49. The third-order valence-corrected chi connectivity index (χ3v) is 4.86. The number of fused-ring (bicyclic) bond motifs is 1. The van der Waals surface area contributed by atoms with Gasteiger partial charge in [0.25, 0.3) is 0 Å². The maximum atomic E-state index is 12.1. The van der Waals surface area contributed by atoms with Crippen molar-refractivity contribution in [3.8, 4) is 0 Å². The van der Waals surface area contributed by atoms with Crippen LogP contribution in [0.25, 0.3) is 0 Å². The average molecular weight is 336 g/mol. The van der Waals surface area contributed by atoms with E-state index < -0.39 is 11.8 Å². The summed E-state index contributed by atoms with van der Waals surface area (Å²) in [6.07, 6.45) is 3.11. The molecule has 4 nitrogen and oxygen atoms in total. The summed E-state index contributed by atoms with van der Waals surface area (Å²) >= 11 is 0. The number of ether oxygens (including phenoxy) is 3. The smallest absolute Gasteiger partial charge is 0.373 e. The molecule has 4 rings (SSSR count). The van der Waals surface area contributed by atoms with Gasteiger partial charge < -0.3 is 14.2 Å². The van der Waals surface area contributed by atoms with Gasteiger partial charge in [-0.1, -0.05) is 54.6 Å². The highest BCUT2D eigenvalue weighted by Crippen LogP contribution is 2.42. The van der Waals surface area contributed by atoms with E-state index in [-0.39, 0.29) is 11.7 Å². The number of allylic oxidation sites excluding steroid dienone is 1. The number of carbonyl (C=O) groups is 1. The fourth-order valence-corrected chi connectivity index (χ4v) is 3.60. The molecule has 0 unspecified atom stereocenters. The molecule has 4 heteroatoms. The van der Waals surface area contributed by atoms with Crippen molar-refractivity contribution in [2.24, 2.45) is 0 Å². The van der Waals surface area contributed by atoms with Crippen molar-refractivity contribution in [2.45, 2.75) is 31.2 Å². The van der Waals surface area contributed by atoms with Crippen LogP contribution < -0.4 is 0 Å². The molecule has 2 heterocycles. The predicted molar refractivity (Wildman–Crippen MR) is 92.7 cm³/mol. The molecule has 128 valence electrons. The van der Waals surface area contributed by atoms with Crippen LogP contribution in [-0.4, -0.2) is 18.9 Å². The van der Waals surface area contributed by atoms with Crippen molar-refractivity contribution in [1.29, 1.82) is 0 Å². The monoisotopic (exact) mass is 336 g/mol. The fraction of sp³-hybridized carbons (Fsp3) is 0.286. The zero-order valence-electron chi connectivity index (χ0n) is 14.1. The highest BCUT2D eigenvalue weighted by atomic mass is 16.7. The first-order valence-electron chi connectivity index (χ1n) is 8.44. The lowest BCUT2D eigenvalue weighted by molar-refractivity contribution is -0.242. The minimum Gasteiger partial charge on any atom is -0.463 e. The summed E-state index contributed by atoms with van der Waals surface area (Å²) in [4.78, 5) is 12.1. The summed E-state index contributed by atoms with van der Waals surface area (Å²) < 4.78 is 17.1. The Morgan fingerprint density at radius 3 is 2.56 bits per heavy atom. The van der Waals surface area contributed by atoms with Crippen LogP contribution >= 0.6 is 0 Å². The third kappa shape index (κ3) is 3.05. The molecule has 0 fully saturated rings. The minimum atomic E-state index is -0.840. The normalized spacial score (nSPS) is 24.8. The van der Waals surface area contributed by atoms with Gasteiger partial charge in [0.1, 0.15) is 0 Å². The van der Waals surface area contributed by atoms with E-state index in [4.69, 9.17) is 14.2 Å². The van der Waals surface area contributed by atoms with E-state index in [1.807, 2.05) is 36.4 Å². The van der Waals surface area contributed by atoms with Crippen LogP contribution in [0.3, 0.4) is 0 Å². The third-order valence-electron chi connectivity index (χ3n) is 4.86. The molecule has 25 heavy (non-hydrogen) atoms. The second kappa shape index (κ2) is 6.37. The Hall–Kier alpha value is -2.59. The molecule has 0 aromatic heterocycles. The van der Waals surface area contributed by atoms with Crippen molar-refractivity contribution in [2.75, 3.05) is 7.11 Å². The second-order valence-electron chi connectivity index (χ2n) is 6.49. The molecule has 0 amide bonds. The molecular formula is C21H20O4. The molecule has 2 atom stereocenters. The first-order valence-corrected chi connectivity index (χ1v) is 8.44. The van der Waals surface area contributed by atoms with Crippen molar-refractivity contribution in [3.63, 3.8) is 0 Å². The van der Waals surface area contributed by atoms with Gasteiger partial charge in [-0.2, -0.15) is 0 Å². The zero-order chi connectivity index (χ0) is 17.3. The molecule has 0 saturated carbocycles.